The molecule has 0 atom stereocenters. The number of hydrogen-bond acceptors (Lipinski definition) is 3. The summed E-state index contributed by atoms with van der Waals surface area (Å²) in [6.07, 6.45) is 0. The normalized spacial score (nSPS) is 10.6. The summed E-state index contributed by atoms with van der Waals surface area (Å²) < 4.78 is 5.93. The van der Waals surface area contributed by atoms with Crippen molar-refractivity contribution in [2.45, 2.75) is 6.54 Å². The Labute approximate surface area is 141 Å². The zero-order valence-electron chi connectivity index (χ0n) is 11.5. The summed E-state index contributed by atoms with van der Waals surface area (Å²) >= 11 is 11.1. The largest absolute Gasteiger partial charge is 0.383 e. The van der Waals surface area contributed by atoms with Crippen molar-refractivity contribution >= 4 is 44.8 Å². The third-order valence-corrected chi connectivity index (χ3v) is 4.52. The van der Waals surface area contributed by atoms with Gasteiger partial charge in [0.2, 0.25) is 0 Å². The molecule has 1 aromatic carbocycles. The van der Waals surface area contributed by atoms with Gasteiger partial charge < -0.3 is 9.64 Å². The number of nitrogens with zero attached hydrogens (tertiary/aromatic N) is 1. The fourth-order valence-electron chi connectivity index (χ4n) is 1.89. The summed E-state index contributed by atoms with van der Waals surface area (Å²) in [5, 5.41) is 4.49. The number of ether oxygens (including phenoxy) is 1. The summed E-state index contributed by atoms with van der Waals surface area (Å²) in [4.78, 5) is 14.5. The summed E-state index contributed by atoms with van der Waals surface area (Å²) in [6.45, 7) is 1.56. The van der Waals surface area contributed by atoms with Crippen LogP contribution in [0, 0.1) is 0 Å². The molecule has 0 saturated carbocycles. The van der Waals surface area contributed by atoms with Gasteiger partial charge in [0.25, 0.3) is 5.91 Å². The van der Waals surface area contributed by atoms with E-state index in [1.807, 2.05) is 22.9 Å². The van der Waals surface area contributed by atoms with Crippen LogP contribution in [0.4, 0.5) is 0 Å². The fourth-order valence-corrected chi connectivity index (χ4v) is 3.11. The standard InChI is InChI=1S/C15H15BrClNO2S/c1-20-6-5-18(9-11-4-7-21-10-11)15(19)13-8-12(16)2-3-14(13)17/h2-4,7-8,10H,5-6,9H2,1H3. The van der Waals surface area contributed by atoms with Crippen molar-refractivity contribution in [1.82, 2.24) is 4.90 Å². The molecule has 21 heavy (non-hydrogen) atoms. The third-order valence-electron chi connectivity index (χ3n) is 2.96. The molecule has 112 valence electrons. The number of rotatable bonds is 6. The van der Waals surface area contributed by atoms with Crippen LogP contribution in [0.15, 0.2) is 39.5 Å². The number of carbonyl (C=O) groups is 1. The minimum atomic E-state index is -0.0930. The zero-order chi connectivity index (χ0) is 15.2. The van der Waals surface area contributed by atoms with Crippen molar-refractivity contribution in [1.29, 1.82) is 0 Å². The molecule has 0 aliphatic carbocycles. The van der Waals surface area contributed by atoms with Gasteiger partial charge in [0, 0.05) is 24.7 Å². The Morgan fingerprint density at radius 2 is 2.24 bits per heavy atom. The molecule has 1 aromatic heterocycles. The molecule has 0 aliphatic heterocycles. The van der Waals surface area contributed by atoms with E-state index in [9.17, 15) is 4.79 Å². The molecule has 6 heteroatoms. The van der Waals surface area contributed by atoms with Crippen LogP contribution in [0.5, 0.6) is 0 Å². The first-order chi connectivity index (χ1) is 10.1. The molecule has 0 radical (unpaired) electrons. The molecule has 0 fully saturated rings. The molecule has 1 heterocycles. The first-order valence-electron chi connectivity index (χ1n) is 6.36. The predicted molar refractivity (Wildman–Crippen MR) is 90.1 cm³/mol. The molecule has 3 nitrogen and oxygen atoms in total. The number of halogens is 2. The van der Waals surface area contributed by atoms with E-state index < -0.39 is 0 Å². The zero-order valence-corrected chi connectivity index (χ0v) is 14.7. The maximum atomic E-state index is 12.7. The lowest BCUT2D eigenvalue weighted by Gasteiger charge is -2.22. The Bertz CT molecular complexity index is 604. The van der Waals surface area contributed by atoms with E-state index in [1.165, 1.54) is 0 Å². The third kappa shape index (κ3) is 4.54. The van der Waals surface area contributed by atoms with Gasteiger partial charge in [-0.15, -0.1) is 0 Å². The number of benzene rings is 1. The van der Waals surface area contributed by atoms with E-state index in [-0.39, 0.29) is 5.91 Å². The summed E-state index contributed by atoms with van der Waals surface area (Å²) in [5.41, 5.74) is 1.60. The van der Waals surface area contributed by atoms with Crippen molar-refractivity contribution in [3.63, 3.8) is 0 Å². The minimum Gasteiger partial charge on any atom is -0.383 e. The highest BCUT2D eigenvalue weighted by molar-refractivity contribution is 9.10. The number of methoxy groups -OCH3 is 1. The molecule has 2 aromatic rings. The van der Waals surface area contributed by atoms with Crippen LogP contribution in [0.3, 0.4) is 0 Å². The Kier molecular flexibility index (Phi) is 6.23. The Hall–Kier alpha value is -0.880. The molecule has 0 saturated heterocycles. The van der Waals surface area contributed by atoms with Gasteiger partial charge in [0.15, 0.2) is 0 Å². The van der Waals surface area contributed by atoms with Gasteiger partial charge >= 0.3 is 0 Å². The van der Waals surface area contributed by atoms with Gasteiger partial charge in [-0.2, -0.15) is 11.3 Å². The maximum Gasteiger partial charge on any atom is 0.255 e. The van der Waals surface area contributed by atoms with Gasteiger partial charge in [-0.3, -0.25) is 4.79 Å². The highest BCUT2D eigenvalue weighted by Crippen LogP contribution is 2.23. The van der Waals surface area contributed by atoms with Crippen LogP contribution in [0.25, 0.3) is 0 Å². The number of thiophene rings is 1. The SMILES string of the molecule is COCCN(Cc1ccsc1)C(=O)c1cc(Br)ccc1Cl. The number of carbonyl (C=O) groups excluding carboxylic acids is 1. The molecule has 0 bridgehead atoms. The van der Waals surface area contributed by atoms with Crippen molar-refractivity contribution in [2.24, 2.45) is 0 Å². The second-order valence-corrected chi connectivity index (χ2v) is 6.58. The topological polar surface area (TPSA) is 29.5 Å². The molecule has 0 aliphatic rings. The van der Waals surface area contributed by atoms with E-state index in [0.717, 1.165) is 10.0 Å². The monoisotopic (exact) mass is 387 g/mol. The first-order valence-corrected chi connectivity index (χ1v) is 8.47. The second kappa shape index (κ2) is 7.94. The molecule has 2 rings (SSSR count). The number of amides is 1. The van der Waals surface area contributed by atoms with Crippen molar-refractivity contribution in [3.8, 4) is 0 Å². The van der Waals surface area contributed by atoms with E-state index >= 15 is 0 Å². The Balaban J connectivity index is 2.22. The molecular weight excluding hydrogens is 374 g/mol. The van der Waals surface area contributed by atoms with Crippen LogP contribution < -0.4 is 0 Å². The van der Waals surface area contributed by atoms with Gasteiger partial charge in [0.1, 0.15) is 0 Å². The fraction of sp³-hybridized carbons (Fsp3) is 0.267. The van der Waals surface area contributed by atoms with Gasteiger partial charge in [0.05, 0.1) is 17.2 Å². The molecule has 0 unspecified atom stereocenters. The van der Waals surface area contributed by atoms with Crippen LogP contribution in [-0.2, 0) is 11.3 Å². The Morgan fingerprint density at radius 3 is 2.90 bits per heavy atom. The Morgan fingerprint density at radius 1 is 1.43 bits per heavy atom. The van der Waals surface area contributed by atoms with E-state index in [4.69, 9.17) is 16.3 Å². The summed E-state index contributed by atoms with van der Waals surface area (Å²) in [7, 11) is 1.62. The quantitative estimate of drug-likeness (QED) is 0.731. The van der Waals surface area contributed by atoms with E-state index in [2.05, 4.69) is 15.9 Å². The first kappa shape index (κ1) is 16.5. The van der Waals surface area contributed by atoms with Gasteiger partial charge in [-0.1, -0.05) is 27.5 Å². The molecular formula is C15H15BrClNO2S. The van der Waals surface area contributed by atoms with Gasteiger partial charge in [-0.25, -0.2) is 0 Å². The highest BCUT2D eigenvalue weighted by atomic mass is 79.9. The molecule has 0 N–H and O–H groups in total. The van der Waals surface area contributed by atoms with Gasteiger partial charge in [-0.05, 0) is 40.6 Å². The van der Waals surface area contributed by atoms with Crippen molar-refractivity contribution in [2.75, 3.05) is 20.3 Å². The smallest absolute Gasteiger partial charge is 0.255 e. The number of hydrogen-bond donors (Lipinski definition) is 0. The summed E-state index contributed by atoms with van der Waals surface area (Å²) in [5.74, 6) is -0.0930. The van der Waals surface area contributed by atoms with E-state index in [0.29, 0.717) is 30.3 Å². The van der Waals surface area contributed by atoms with Crippen LogP contribution in [-0.4, -0.2) is 31.1 Å². The average molecular weight is 389 g/mol. The average Bonchev–Trinajstić information content (AvgIpc) is 2.98. The lowest BCUT2D eigenvalue weighted by atomic mass is 10.2. The maximum absolute atomic E-state index is 12.7. The predicted octanol–water partition coefficient (Wildman–Crippen LogP) is 4.45. The summed E-state index contributed by atoms with van der Waals surface area (Å²) in [6, 6.07) is 7.30. The van der Waals surface area contributed by atoms with Crippen LogP contribution in [0.1, 0.15) is 15.9 Å². The molecule has 1 amide bonds. The lowest BCUT2D eigenvalue weighted by molar-refractivity contribution is 0.0680. The molecule has 0 spiro atoms. The van der Waals surface area contributed by atoms with Crippen LogP contribution in [0.2, 0.25) is 5.02 Å². The lowest BCUT2D eigenvalue weighted by Crippen LogP contribution is -2.33. The van der Waals surface area contributed by atoms with E-state index in [1.54, 1.807) is 35.5 Å². The second-order valence-electron chi connectivity index (χ2n) is 4.48. The van der Waals surface area contributed by atoms with Crippen molar-refractivity contribution < 1.29 is 9.53 Å². The highest BCUT2D eigenvalue weighted by Gasteiger charge is 2.19. The van der Waals surface area contributed by atoms with Crippen LogP contribution >= 0.6 is 38.9 Å². The van der Waals surface area contributed by atoms with Crippen molar-refractivity contribution in [3.05, 3.63) is 55.6 Å². The minimum absolute atomic E-state index is 0.0930.